The van der Waals surface area contributed by atoms with Gasteiger partial charge in [-0.1, -0.05) is 16.7 Å². The van der Waals surface area contributed by atoms with Crippen molar-refractivity contribution in [3.05, 3.63) is 23.2 Å². The number of likely N-dealkylation sites (tertiary alicyclic amines) is 1. The maximum Gasteiger partial charge on any atom is 0.316 e. The van der Waals surface area contributed by atoms with Crippen LogP contribution in [0.15, 0.2) is 22.6 Å². The summed E-state index contributed by atoms with van der Waals surface area (Å²) >= 11 is 6.01. The molecule has 1 aliphatic carbocycles. The first-order valence-corrected chi connectivity index (χ1v) is 10.1. The van der Waals surface area contributed by atoms with Gasteiger partial charge in [0.1, 0.15) is 6.29 Å². The van der Waals surface area contributed by atoms with E-state index in [1.807, 2.05) is 11.0 Å². The number of aldehydes is 1. The molecule has 2 N–H and O–H groups in total. The van der Waals surface area contributed by atoms with Gasteiger partial charge in [-0.3, -0.25) is 4.79 Å². The van der Waals surface area contributed by atoms with Crippen LogP contribution in [0.1, 0.15) is 32.6 Å². The van der Waals surface area contributed by atoms with Crippen LogP contribution in [-0.4, -0.2) is 54.0 Å². The van der Waals surface area contributed by atoms with Crippen LogP contribution in [0.3, 0.4) is 0 Å². The number of benzene rings is 1. The second-order valence-corrected chi connectivity index (χ2v) is 7.76. The molecule has 4 rings (SSSR count). The summed E-state index contributed by atoms with van der Waals surface area (Å²) in [4.78, 5) is 23.1. The number of piperidine rings is 1. The number of nitrogens with zero attached hydrogens (tertiary/aromatic N) is 3. The first-order chi connectivity index (χ1) is 14.0. The average Bonchev–Trinajstić information content (AvgIpc) is 3.30. The summed E-state index contributed by atoms with van der Waals surface area (Å²) in [5.41, 5.74) is 2.12. The van der Waals surface area contributed by atoms with Crippen molar-refractivity contribution in [1.82, 2.24) is 15.1 Å². The smallest absolute Gasteiger partial charge is 0.316 e. The fraction of sp³-hybridized carbons (Fsp3) is 0.500. The topological polar surface area (TPSA) is 100 Å². The van der Waals surface area contributed by atoms with E-state index < -0.39 is 0 Å². The van der Waals surface area contributed by atoms with Crippen molar-refractivity contribution >= 4 is 35.5 Å². The highest BCUT2D eigenvalue weighted by molar-refractivity contribution is 6.31. The average molecular weight is 420 g/mol. The summed E-state index contributed by atoms with van der Waals surface area (Å²) in [5, 5.41) is 14.7. The number of halogens is 1. The third kappa shape index (κ3) is 5.26. The summed E-state index contributed by atoms with van der Waals surface area (Å²) in [7, 11) is 1.80. The molecule has 1 aliphatic heterocycles. The van der Waals surface area contributed by atoms with Crippen LogP contribution in [-0.2, 0) is 9.59 Å². The Labute approximate surface area is 175 Å². The van der Waals surface area contributed by atoms with Gasteiger partial charge in [0.2, 0.25) is 5.91 Å². The largest absolute Gasteiger partial charge is 0.403 e. The minimum Gasteiger partial charge on any atom is -0.403 e. The third-order valence-corrected chi connectivity index (χ3v) is 5.67. The molecule has 9 heteroatoms. The number of anilines is 2. The molecule has 0 atom stereocenters. The minimum atomic E-state index is 0.0719. The van der Waals surface area contributed by atoms with Crippen LogP contribution in [0.2, 0.25) is 5.02 Å². The Morgan fingerprint density at radius 1 is 1.28 bits per heavy atom. The molecule has 2 fully saturated rings. The van der Waals surface area contributed by atoms with Crippen molar-refractivity contribution in [2.45, 2.75) is 32.6 Å². The lowest BCUT2D eigenvalue weighted by Gasteiger charge is -2.32. The second kappa shape index (κ2) is 9.26. The molecule has 0 radical (unpaired) electrons. The van der Waals surface area contributed by atoms with Crippen molar-refractivity contribution in [3.8, 4) is 11.5 Å². The summed E-state index contributed by atoms with van der Waals surface area (Å²) in [6.07, 6.45) is 5.67. The zero-order chi connectivity index (χ0) is 20.9. The molecule has 2 aliphatic rings. The number of carbonyl (C=O) groups is 2. The van der Waals surface area contributed by atoms with Crippen LogP contribution in [0.4, 0.5) is 11.7 Å². The maximum atomic E-state index is 12.4. The number of aromatic nitrogens is 2. The summed E-state index contributed by atoms with van der Waals surface area (Å²) in [5.74, 6) is 0.442. The molecular weight excluding hydrogens is 394 g/mol. The number of rotatable bonds is 5. The highest BCUT2D eigenvalue weighted by Crippen LogP contribution is 2.53. The highest BCUT2D eigenvalue weighted by Gasteiger charge is 2.44. The van der Waals surface area contributed by atoms with E-state index in [9.17, 15) is 4.79 Å². The first kappa shape index (κ1) is 21.1. The molecule has 1 saturated heterocycles. The number of carbonyl (C=O) groups excluding carboxylic acids is 2. The van der Waals surface area contributed by atoms with Crippen LogP contribution in [0.5, 0.6) is 0 Å². The van der Waals surface area contributed by atoms with E-state index in [1.54, 1.807) is 19.2 Å². The molecule has 29 heavy (non-hydrogen) atoms. The molecule has 1 amide bonds. The maximum absolute atomic E-state index is 12.4. The molecule has 1 spiro atoms. The first-order valence-electron chi connectivity index (χ1n) is 9.73. The highest BCUT2D eigenvalue weighted by atomic mass is 35.5. The van der Waals surface area contributed by atoms with Gasteiger partial charge >= 0.3 is 6.01 Å². The lowest BCUT2D eigenvalue weighted by molar-refractivity contribution is -0.130. The monoisotopic (exact) mass is 419 g/mol. The molecule has 0 bridgehead atoms. The van der Waals surface area contributed by atoms with Crippen molar-refractivity contribution in [1.29, 1.82) is 0 Å². The van der Waals surface area contributed by atoms with E-state index in [2.05, 4.69) is 20.8 Å². The van der Waals surface area contributed by atoms with E-state index in [0.717, 1.165) is 43.5 Å². The van der Waals surface area contributed by atoms with Gasteiger partial charge in [0.15, 0.2) is 0 Å². The van der Waals surface area contributed by atoms with E-state index in [-0.39, 0.29) is 18.5 Å². The Hall–Kier alpha value is -2.61. The molecule has 1 aromatic heterocycles. The number of hydrogen-bond acceptors (Lipinski definition) is 7. The van der Waals surface area contributed by atoms with Crippen molar-refractivity contribution in [2.75, 3.05) is 37.3 Å². The van der Waals surface area contributed by atoms with Gasteiger partial charge in [0.05, 0.1) is 12.1 Å². The zero-order valence-corrected chi connectivity index (χ0v) is 17.5. The zero-order valence-electron chi connectivity index (χ0n) is 16.7. The van der Waals surface area contributed by atoms with E-state index >= 15 is 0 Å². The fourth-order valence-corrected chi connectivity index (χ4v) is 3.66. The number of nitrogens with one attached hydrogen (secondary N) is 2. The van der Waals surface area contributed by atoms with E-state index in [4.69, 9.17) is 20.8 Å². The van der Waals surface area contributed by atoms with Gasteiger partial charge in [-0.2, -0.15) is 0 Å². The lowest BCUT2D eigenvalue weighted by atomic mass is 9.94. The predicted octanol–water partition coefficient (Wildman–Crippen LogP) is 3.45. The van der Waals surface area contributed by atoms with E-state index in [1.165, 1.54) is 19.8 Å². The Balaban J connectivity index is 0.000000755. The SMILES string of the molecule is CC=O.CNc1cc(Cl)ccc1-c1nnc(NCC(=O)N2CCC3(CC2)CC3)o1. The molecule has 0 unspecified atom stereocenters. The van der Waals surface area contributed by atoms with Crippen LogP contribution < -0.4 is 10.6 Å². The summed E-state index contributed by atoms with van der Waals surface area (Å²) in [6.45, 7) is 3.31. The minimum absolute atomic E-state index is 0.0719. The molecule has 1 saturated carbocycles. The molecule has 8 nitrogen and oxygen atoms in total. The molecular formula is C20H26ClN5O3. The Morgan fingerprint density at radius 3 is 2.59 bits per heavy atom. The molecule has 2 aromatic rings. The van der Waals surface area contributed by atoms with Crippen LogP contribution >= 0.6 is 11.6 Å². The second-order valence-electron chi connectivity index (χ2n) is 7.32. The quantitative estimate of drug-likeness (QED) is 0.715. The van der Waals surface area contributed by atoms with Gasteiger partial charge in [0.25, 0.3) is 5.89 Å². The number of amides is 1. The summed E-state index contributed by atoms with van der Waals surface area (Å²) in [6, 6.07) is 5.61. The fourth-order valence-electron chi connectivity index (χ4n) is 3.48. The van der Waals surface area contributed by atoms with Crippen molar-refractivity contribution in [3.63, 3.8) is 0 Å². The Kier molecular flexibility index (Phi) is 6.74. The normalized spacial score (nSPS) is 16.6. The van der Waals surface area contributed by atoms with Gasteiger partial charge in [-0.25, -0.2) is 0 Å². The predicted molar refractivity (Wildman–Crippen MR) is 112 cm³/mol. The van der Waals surface area contributed by atoms with Crippen LogP contribution in [0, 0.1) is 5.41 Å². The Bertz CT molecular complexity index is 856. The van der Waals surface area contributed by atoms with Crippen molar-refractivity contribution < 1.29 is 14.0 Å². The third-order valence-electron chi connectivity index (χ3n) is 5.43. The van der Waals surface area contributed by atoms with Gasteiger partial charge in [-0.15, -0.1) is 5.10 Å². The molecule has 2 heterocycles. The van der Waals surface area contributed by atoms with Crippen LogP contribution in [0.25, 0.3) is 11.5 Å². The number of hydrogen-bond donors (Lipinski definition) is 2. The van der Waals surface area contributed by atoms with Gasteiger partial charge in [0, 0.05) is 30.8 Å². The lowest BCUT2D eigenvalue weighted by Crippen LogP contribution is -2.41. The molecule has 156 valence electrons. The standard InChI is InChI=1S/C18H22ClN5O2.C2H4O/c1-20-14-10-12(19)2-3-13(14)16-22-23-17(26-16)21-11-15(25)24-8-6-18(4-5-18)7-9-24;1-2-3/h2-3,10,20H,4-9,11H2,1H3,(H,21,23);2H,1H3. The summed E-state index contributed by atoms with van der Waals surface area (Å²) < 4.78 is 5.65. The van der Waals surface area contributed by atoms with Gasteiger partial charge in [-0.05, 0) is 56.2 Å². The van der Waals surface area contributed by atoms with E-state index in [0.29, 0.717) is 16.3 Å². The molecule has 1 aromatic carbocycles. The van der Waals surface area contributed by atoms with Crippen molar-refractivity contribution in [2.24, 2.45) is 5.41 Å². The Morgan fingerprint density at radius 2 is 1.97 bits per heavy atom. The van der Waals surface area contributed by atoms with Gasteiger partial charge < -0.3 is 24.7 Å².